The molecule has 3 nitrogen and oxygen atoms in total. The Morgan fingerprint density at radius 1 is 1.40 bits per heavy atom. The van der Waals surface area contributed by atoms with Gasteiger partial charge in [0.2, 0.25) is 0 Å². The minimum absolute atomic E-state index is 1.03. The average Bonchev–Trinajstić information content (AvgIpc) is 2.27. The topological polar surface area (TPSA) is 18.8 Å². The molecule has 0 amide bonds. The van der Waals surface area contributed by atoms with Crippen LogP contribution in [0.2, 0.25) is 0 Å². The van der Waals surface area contributed by atoms with Crippen molar-refractivity contribution in [3.8, 4) is 0 Å². The van der Waals surface area contributed by atoms with Gasteiger partial charge in [0.1, 0.15) is 0 Å². The standard InChI is InChI=1S/C12H17N3/c1-13-10-6-8-15-7-4-5-11(14(2)3)12(15)9-10/h4-5,7,9H,6,8H2,1-3H3. The molecule has 0 aromatic heterocycles. The number of likely N-dealkylation sites (N-methyl/N-ethyl adjacent to an activating group) is 1. The number of hydrogen-bond donors (Lipinski definition) is 0. The Morgan fingerprint density at radius 3 is 2.87 bits per heavy atom. The van der Waals surface area contributed by atoms with Gasteiger partial charge in [-0.25, -0.2) is 0 Å². The Labute approximate surface area is 91.1 Å². The first kappa shape index (κ1) is 10.0. The van der Waals surface area contributed by atoms with Gasteiger partial charge in [-0.1, -0.05) is 0 Å². The number of allylic oxidation sites excluding steroid dienone is 3. The van der Waals surface area contributed by atoms with Crippen molar-refractivity contribution in [3.05, 3.63) is 35.8 Å². The van der Waals surface area contributed by atoms with Crippen molar-refractivity contribution < 1.29 is 0 Å². The quantitative estimate of drug-likeness (QED) is 0.645. The van der Waals surface area contributed by atoms with Crippen LogP contribution < -0.4 is 0 Å². The maximum atomic E-state index is 4.28. The van der Waals surface area contributed by atoms with Crippen molar-refractivity contribution >= 4 is 5.71 Å². The van der Waals surface area contributed by atoms with E-state index in [0.717, 1.165) is 13.0 Å². The molecule has 0 radical (unpaired) electrons. The summed E-state index contributed by atoms with van der Waals surface area (Å²) < 4.78 is 0. The maximum Gasteiger partial charge on any atom is 0.0661 e. The second kappa shape index (κ2) is 3.93. The van der Waals surface area contributed by atoms with Crippen LogP contribution >= 0.6 is 0 Å². The van der Waals surface area contributed by atoms with Crippen LogP contribution in [0.5, 0.6) is 0 Å². The van der Waals surface area contributed by atoms with Crippen molar-refractivity contribution in [1.29, 1.82) is 0 Å². The van der Waals surface area contributed by atoms with Crippen LogP contribution in [-0.2, 0) is 0 Å². The number of hydrogen-bond acceptors (Lipinski definition) is 3. The van der Waals surface area contributed by atoms with E-state index in [-0.39, 0.29) is 0 Å². The maximum absolute atomic E-state index is 4.28. The summed E-state index contributed by atoms with van der Waals surface area (Å²) in [6.07, 6.45) is 9.58. The molecule has 80 valence electrons. The van der Waals surface area contributed by atoms with Crippen LogP contribution in [0.15, 0.2) is 40.8 Å². The van der Waals surface area contributed by atoms with Crippen LogP contribution in [0.1, 0.15) is 6.42 Å². The molecule has 0 spiro atoms. The first-order chi connectivity index (χ1) is 7.22. The summed E-state index contributed by atoms with van der Waals surface area (Å²) in [6.45, 7) is 1.03. The molecule has 0 bridgehead atoms. The van der Waals surface area contributed by atoms with E-state index in [1.807, 2.05) is 7.05 Å². The third-order valence-corrected chi connectivity index (χ3v) is 2.77. The minimum Gasteiger partial charge on any atom is -0.376 e. The van der Waals surface area contributed by atoms with Gasteiger partial charge in [-0.15, -0.1) is 0 Å². The van der Waals surface area contributed by atoms with E-state index in [9.17, 15) is 0 Å². The van der Waals surface area contributed by atoms with E-state index >= 15 is 0 Å². The lowest BCUT2D eigenvalue weighted by Crippen LogP contribution is -2.31. The Bertz CT molecular complexity index is 372. The highest BCUT2D eigenvalue weighted by molar-refractivity contribution is 5.97. The van der Waals surface area contributed by atoms with Gasteiger partial charge < -0.3 is 9.80 Å². The lowest BCUT2D eigenvalue weighted by atomic mass is 10.1. The molecule has 2 aliphatic heterocycles. The zero-order valence-electron chi connectivity index (χ0n) is 9.57. The lowest BCUT2D eigenvalue weighted by Gasteiger charge is -2.34. The third-order valence-electron chi connectivity index (χ3n) is 2.77. The molecule has 0 aliphatic carbocycles. The molecule has 2 heterocycles. The second-order valence-electron chi connectivity index (χ2n) is 3.98. The van der Waals surface area contributed by atoms with Crippen molar-refractivity contribution in [1.82, 2.24) is 9.80 Å². The molecular weight excluding hydrogens is 186 g/mol. The summed E-state index contributed by atoms with van der Waals surface area (Å²) in [6, 6.07) is 0. The molecule has 0 saturated carbocycles. The van der Waals surface area contributed by atoms with Gasteiger partial charge in [0.25, 0.3) is 0 Å². The second-order valence-corrected chi connectivity index (χ2v) is 3.98. The Hall–Kier alpha value is -1.51. The highest BCUT2D eigenvalue weighted by Gasteiger charge is 2.20. The molecule has 2 rings (SSSR count). The zero-order chi connectivity index (χ0) is 10.8. The largest absolute Gasteiger partial charge is 0.376 e. The van der Waals surface area contributed by atoms with E-state index < -0.39 is 0 Å². The van der Waals surface area contributed by atoms with Gasteiger partial charge in [-0.3, -0.25) is 4.99 Å². The van der Waals surface area contributed by atoms with Crippen LogP contribution in [0.3, 0.4) is 0 Å². The van der Waals surface area contributed by atoms with E-state index in [1.165, 1.54) is 17.1 Å². The normalized spacial score (nSPS) is 22.3. The highest BCUT2D eigenvalue weighted by atomic mass is 15.2. The zero-order valence-corrected chi connectivity index (χ0v) is 9.57. The molecule has 3 heteroatoms. The monoisotopic (exact) mass is 203 g/mol. The summed E-state index contributed by atoms with van der Waals surface area (Å²) in [7, 11) is 6.00. The van der Waals surface area contributed by atoms with E-state index in [4.69, 9.17) is 0 Å². The van der Waals surface area contributed by atoms with E-state index in [2.05, 4.69) is 53.3 Å². The molecule has 0 aromatic rings. The van der Waals surface area contributed by atoms with Crippen LogP contribution in [0.25, 0.3) is 0 Å². The van der Waals surface area contributed by atoms with Crippen molar-refractivity contribution in [2.45, 2.75) is 6.42 Å². The van der Waals surface area contributed by atoms with Crippen molar-refractivity contribution in [3.63, 3.8) is 0 Å². The summed E-state index contributed by atoms with van der Waals surface area (Å²) in [5.41, 5.74) is 3.69. The van der Waals surface area contributed by atoms with Gasteiger partial charge in [-0.05, 0) is 18.2 Å². The van der Waals surface area contributed by atoms with Crippen LogP contribution in [0.4, 0.5) is 0 Å². The van der Waals surface area contributed by atoms with Gasteiger partial charge in [-0.2, -0.15) is 0 Å². The molecule has 0 atom stereocenters. The van der Waals surface area contributed by atoms with Crippen molar-refractivity contribution in [2.24, 2.45) is 4.99 Å². The molecule has 0 unspecified atom stereocenters. The summed E-state index contributed by atoms with van der Waals surface area (Å²) in [4.78, 5) is 8.70. The van der Waals surface area contributed by atoms with Crippen molar-refractivity contribution in [2.75, 3.05) is 27.7 Å². The Balaban J connectivity index is 2.38. The molecule has 0 aromatic carbocycles. The number of rotatable bonds is 1. The first-order valence-electron chi connectivity index (χ1n) is 5.22. The lowest BCUT2D eigenvalue weighted by molar-refractivity contribution is 0.417. The molecule has 0 N–H and O–H groups in total. The Kier molecular flexibility index (Phi) is 2.62. The molecule has 0 fully saturated rings. The average molecular weight is 203 g/mol. The molecule has 0 saturated heterocycles. The van der Waals surface area contributed by atoms with Gasteiger partial charge in [0.05, 0.1) is 11.4 Å². The highest BCUT2D eigenvalue weighted by Crippen LogP contribution is 2.25. The number of nitrogens with zero attached hydrogens (tertiary/aromatic N) is 3. The molecular formula is C12H17N3. The summed E-state index contributed by atoms with van der Waals surface area (Å²) in [5, 5.41) is 0. The fraction of sp³-hybridized carbons (Fsp3) is 0.417. The first-order valence-corrected chi connectivity index (χ1v) is 5.22. The SMILES string of the molecule is CN=C1C=C2C(N(C)C)=CC=CN2CC1. The fourth-order valence-electron chi connectivity index (χ4n) is 1.92. The van der Waals surface area contributed by atoms with Crippen LogP contribution in [0, 0.1) is 0 Å². The van der Waals surface area contributed by atoms with Gasteiger partial charge in [0.15, 0.2) is 0 Å². The smallest absolute Gasteiger partial charge is 0.0661 e. The van der Waals surface area contributed by atoms with Crippen LogP contribution in [-0.4, -0.2) is 43.2 Å². The predicted molar refractivity (Wildman–Crippen MR) is 63.7 cm³/mol. The van der Waals surface area contributed by atoms with E-state index in [1.54, 1.807) is 0 Å². The fourth-order valence-corrected chi connectivity index (χ4v) is 1.92. The number of aliphatic imine (C=N–C) groups is 1. The van der Waals surface area contributed by atoms with E-state index in [0.29, 0.717) is 0 Å². The summed E-state index contributed by atoms with van der Waals surface area (Å²) in [5.74, 6) is 0. The molecule has 2 aliphatic rings. The predicted octanol–water partition coefficient (Wildman–Crippen LogP) is 1.62. The summed E-state index contributed by atoms with van der Waals surface area (Å²) >= 11 is 0. The molecule has 15 heavy (non-hydrogen) atoms. The number of fused-ring (bicyclic) bond motifs is 1. The van der Waals surface area contributed by atoms with Gasteiger partial charge >= 0.3 is 0 Å². The third kappa shape index (κ3) is 1.82. The van der Waals surface area contributed by atoms with Gasteiger partial charge in [0, 0.05) is 46.0 Å². The Morgan fingerprint density at radius 2 is 2.20 bits per heavy atom. The minimum atomic E-state index is 1.03.